The van der Waals surface area contributed by atoms with E-state index >= 15 is 0 Å². The lowest BCUT2D eigenvalue weighted by Crippen LogP contribution is -2.39. The van der Waals surface area contributed by atoms with E-state index in [9.17, 15) is 0 Å². The van der Waals surface area contributed by atoms with Crippen molar-refractivity contribution < 1.29 is 18.9 Å². The fraction of sp³-hybridized carbons (Fsp3) is 0.385. The molecular formula is C26H30N4O4. The van der Waals surface area contributed by atoms with Crippen molar-refractivity contribution in [2.45, 2.75) is 12.0 Å². The van der Waals surface area contributed by atoms with E-state index in [1.165, 1.54) is 0 Å². The summed E-state index contributed by atoms with van der Waals surface area (Å²) in [6, 6.07) is 16.1. The second kappa shape index (κ2) is 10.3. The Balaban J connectivity index is 1.45. The van der Waals surface area contributed by atoms with Crippen LogP contribution in [0, 0.1) is 0 Å². The average molecular weight is 463 g/mol. The lowest BCUT2D eigenvalue weighted by molar-refractivity contribution is 0.0398. The van der Waals surface area contributed by atoms with Gasteiger partial charge in [0, 0.05) is 26.2 Å². The summed E-state index contributed by atoms with van der Waals surface area (Å²) in [5, 5.41) is 3.55. The molecule has 0 amide bonds. The molecule has 1 N–H and O–H groups in total. The first-order chi connectivity index (χ1) is 16.8. The van der Waals surface area contributed by atoms with Crippen LogP contribution in [0.2, 0.25) is 0 Å². The Labute approximate surface area is 199 Å². The Morgan fingerprint density at radius 2 is 1.56 bits per heavy atom. The molecule has 2 unspecified atom stereocenters. The molecule has 2 aliphatic heterocycles. The Bertz CT molecular complexity index is 1080. The number of hydrogen-bond donors (Lipinski definition) is 1. The summed E-state index contributed by atoms with van der Waals surface area (Å²) in [6.07, 6.45) is 1.34. The molecule has 3 heterocycles. The van der Waals surface area contributed by atoms with Gasteiger partial charge < -0.3 is 24.3 Å². The third-order valence-corrected chi connectivity index (χ3v) is 6.44. The zero-order valence-corrected chi connectivity index (χ0v) is 19.6. The lowest BCUT2D eigenvalue weighted by Gasteiger charge is -2.26. The Morgan fingerprint density at radius 1 is 0.912 bits per heavy atom. The molecule has 34 heavy (non-hydrogen) atoms. The highest BCUT2D eigenvalue weighted by molar-refractivity contribution is 5.58. The molecule has 0 bridgehead atoms. The number of rotatable bonds is 8. The number of anilines is 1. The fourth-order valence-corrected chi connectivity index (χ4v) is 4.60. The van der Waals surface area contributed by atoms with Gasteiger partial charge in [-0.05, 0) is 35.4 Å². The Morgan fingerprint density at radius 3 is 2.21 bits per heavy atom. The maximum Gasteiger partial charge on any atom is 0.223 e. The van der Waals surface area contributed by atoms with E-state index in [0.29, 0.717) is 5.88 Å². The van der Waals surface area contributed by atoms with Crippen LogP contribution >= 0.6 is 0 Å². The maximum atomic E-state index is 6.44. The molecule has 5 rings (SSSR count). The molecule has 1 aromatic heterocycles. The fourth-order valence-electron chi connectivity index (χ4n) is 4.60. The van der Waals surface area contributed by atoms with Gasteiger partial charge >= 0.3 is 0 Å². The predicted octanol–water partition coefficient (Wildman–Crippen LogP) is 3.50. The predicted molar refractivity (Wildman–Crippen MR) is 129 cm³/mol. The van der Waals surface area contributed by atoms with Crippen LogP contribution < -0.4 is 19.5 Å². The van der Waals surface area contributed by atoms with Crippen molar-refractivity contribution in [2.24, 2.45) is 0 Å². The molecule has 0 radical (unpaired) electrons. The van der Waals surface area contributed by atoms with Gasteiger partial charge in [0.25, 0.3) is 0 Å². The van der Waals surface area contributed by atoms with Gasteiger partial charge in [0.15, 0.2) is 0 Å². The van der Waals surface area contributed by atoms with E-state index in [0.717, 1.165) is 73.4 Å². The minimum absolute atomic E-state index is 0.0682. The molecule has 2 aromatic carbocycles. The molecule has 0 aliphatic carbocycles. The van der Waals surface area contributed by atoms with E-state index in [4.69, 9.17) is 18.9 Å². The molecule has 2 aliphatic rings. The number of hydrogen-bond acceptors (Lipinski definition) is 8. The van der Waals surface area contributed by atoms with Crippen molar-refractivity contribution in [3.05, 3.63) is 71.5 Å². The largest absolute Gasteiger partial charge is 0.497 e. The zero-order valence-electron chi connectivity index (χ0n) is 19.6. The molecule has 3 aromatic rings. The normalized spacial score (nSPS) is 19.8. The van der Waals surface area contributed by atoms with Crippen LogP contribution in [-0.4, -0.2) is 68.5 Å². The van der Waals surface area contributed by atoms with Crippen LogP contribution in [0.15, 0.2) is 54.9 Å². The van der Waals surface area contributed by atoms with Gasteiger partial charge in [-0.2, -0.15) is 0 Å². The summed E-state index contributed by atoms with van der Waals surface area (Å²) in [5.41, 5.74) is 3.15. The highest BCUT2D eigenvalue weighted by atomic mass is 16.5. The number of nitrogens with zero attached hydrogens (tertiary/aromatic N) is 3. The van der Waals surface area contributed by atoms with Crippen LogP contribution in [0.3, 0.4) is 0 Å². The highest BCUT2D eigenvalue weighted by Gasteiger charge is 2.40. The number of ether oxygens (including phenoxy) is 4. The van der Waals surface area contributed by atoms with E-state index in [2.05, 4.69) is 32.3 Å². The first-order valence-corrected chi connectivity index (χ1v) is 11.6. The highest BCUT2D eigenvalue weighted by Crippen LogP contribution is 2.51. The van der Waals surface area contributed by atoms with Gasteiger partial charge in [-0.15, -0.1) is 0 Å². The average Bonchev–Trinajstić information content (AvgIpc) is 3.30. The summed E-state index contributed by atoms with van der Waals surface area (Å²) >= 11 is 0. The van der Waals surface area contributed by atoms with E-state index in [1.54, 1.807) is 20.5 Å². The molecule has 0 spiro atoms. The zero-order chi connectivity index (χ0) is 23.3. The van der Waals surface area contributed by atoms with E-state index in [-0.39, 0.29) is 12.0 Å². The summed E-state index contributed by atoms with van der Waals surface area (Å²) in [5.74, 6) is 2.99. The molecular weight excluding hydrogens is 432 g/mol. The number of methoxy groups -OCH3 is 2. The minimum atomic E-state index is -0.231. The van der Waals surface area contributed by atoms with Crippen molar-refractivity contribution in [3.63, 3.8) is 0 Å². The van der Waals surface area contributed by atoms with Crippen molar-refractivity contribution in [3.8, 4) is 17.4 Å². The van der Waals surface area contributed by atoms with Crippen molar-refractivity contribution >= 4 is 5.82 Å². The van der Waals surface area contributed by atoms with Crippen molar-refractivity contribution in [1.82, 2.24) is 14.9 Å². The molecule has 178 valence electrons. The van der Waals surface area contributed by atoms with Gasteiger partial charge in [-0.25, -0.2) is 9.97 Å². The number of nitrogens with one attached hydrogen (secondary N) is 1. The molecule has 8 heteroatoms. The van der Waals surface area contributed by atoms with Crippen molar-refractivity contribution in [2.75, 3.05) is 58.9 Å². The van der Waals surface area contributed by atoms with E-state index < -0.39 is 0 Å². The summed E-state index contributed by atoms with van der Waals surface area (Å²) in [7, 11) is 3.34. The summed E-state index contributed by atoms with van der Waals surface area (Å²) in [6.45, 7) is 5.21. The first-order valence-electron chi connectivity index (χ1n) is 11.6. The Hall–Kier alpha value is -3.36. The lowest BCUT2D eigenvalue weighted by atomic mass is 9.85. The summed E-state index contributed by atoms with van der Waals surface area (Å²) in [4.78, 5) is 11.5. The van der Waals surface area contributed by atoms with Crippen LogP contribution in [0.25, 0.3) is 0 Å². The van der Waals surface area contributed by atoms with Gasteiger partial charge in [0.1, 0.15) is 29.7 Å². The SMILES string of the molecule is COc1ccc(C2Oc3ncnc(NCCN4CCOCC4)c3C2c2ccc(OC)cc2)cc1. The van der Waals surface area contributed by atoms with Crippen molar-refractivity contribution in [1.29, 1.82) is 0 Å². The second-order valence-corrected chi connectivity index (χ2v) is 8.38. The third-order valence-electron chi connectivity index (χ3n) is 6.44. The second-order valence-electron chi connectivity index (χ2n) is 8.38. The van der Waals surface area contributed by atoms with Gasteiger partial charge in [0.2, 0.25) is 5.88 Å². The molecule has 1 fully saturated rings. The van der Waals surface area contributed by atoms with Crippen LogP contribution in [-0.2, 0) is 4.74 Å². The third kappa shape index (κ3) is 4.64. The molecule has 1 saturated heterocycles. The quantitative estimate of drug-likeness (QED) is 0.545. The molecule has 2 atom stereocenters. The maximum absolute atomic E-state index is 6.44. The molecule has 0 saturated carbocycles. The first kappa shape index (κ1) is 22.4. The summed E-state index contributed by atoms with van der Waals surface area (Å²) < 4.78 is 22.6. The van der Waals surface area contributed by atoms with E-state index in [1.807, 2.05) is 36.4 Å². The smallest absolute Gasteiger partial charge is 0.223 e. The topological polar surface area (TPSA) is 78.0 Å². The van der Waals surface area contributed by atoms with Crippen LogP contribution in [0.4, 0.5) is 5.82 Å². The van der Waals surface area contributed by atoms with Crippen LogP contribution in [0.5, 0.6) is 17.4 Å². The van der Waals surface area contributed by atoms with Gasteiger partial charge in [0.05, 0.1) is 38.9 Å². The van der Waals surface area contributed by atoms with Gasteiger partial charge in [-0.1, -0.05) is 24.3 Å². The number of benzene rings is 2. The minimum Gasteiger partial charge on any atom is -0.497 e. The number of fused-ring (bicyclic) bond motifs is 1. The van der Waals surface area contributed by atoms with Gasteiger partial charge in [-0.3, -0.25) is 4.90 Å². The standard InChI is InChI=1S/C26H30N4O4/c1-31-20-7-3-18(4-8-20)22-23-25(27-11-12-30-13-15-33-16-14-30)28-17-29-26(23)34-24(22)19-5-9-21(32-2)10-6-19/h3-10,17,22,24H,11-16H2,1-2H3,(H,27,28,29). The number of morpholine rings is 1. The molecule has 8 nitrogen and oxygen atoms in total. The van der Waals surface area contributed by atoms with Crippen LogP contribution in [0.1, 0.15) is 28.7 Å². The number of aromatic nitrogens is 2. The monoisotopic (exact) mass is 462 g/mol. The Kier molecular flexibility index (Phi) is 6.78.